The van der Waals surface area contributed by atoms with Crippen molar-refractivity contribution in [1.82, 2.24) is 14.5 Å². The molecule has 0 saturated heterocycles. The summed E-state index contributed by atoms with van der Waals surface area (Å²) in [6, 6.07) is 17.5. The van der Waals surface area contributed by atoms with Gasteiger partial charge in [0.2, 0.25) is 5.91 Å². The quantitative estimate of drug-likeness (QED) is 0.477. The van der Waals surface area contributed by atoms with Crippen molar-refractivity contribution >= 4 is 27.5 Å². The average Bonchev–Trinajstić information content (AvgIpc) is 3.21. The molecule has 1 amide bonds. The van der Waals surface area contributed by atoms with E-state index in [4.69, 9.17) is 0 Å². The summed E-state index contributed by atoms with van der Waals surface area (Å²) in [6.45, 7) is 1.75. The molecule has 1 unspecified atom stereocenters. The lowest BCUT2D eigenvalue weighted by atomic mass is 10.1. The molecular formula is C23H20FN3O2S. The summed E-state index contributed by atoms with van der Waals surface area (Å²) in [4.78, 5) is 32.6. The molecule has 0 radical (unpaired) electrons. The van der Waals surface area contributed by atoms with E-state index in [2.05, 4.69) is 4.98 Å². The highest BCUT2D eigenvalue weighted by Gasteiger charge is 2.19. The van der Waals surface area contributed by atoms with Crippen LogP contribution in [0.25, 0.3) is 20.7 Å². The fraction of sp³-hybridized carbons (Fsp3) is 0.174. The van der Waals surface area contributed by atoms with Crippen LogP contribution in [0, 0.1) is 5.82 Å². The third kappa shape index (κ3) is 3.89. The van der Waals surface area contributed by atoms with Gasteiger partial charge in [-0.3, -0.25) is 14.2 Å². The lowest BCUT2D eigenvalue weighted by molar-refractivity contribution is -0.132. The maximum absolute atomic E-state index is 13.2. The number of nitrogens with zero attached hydrogens (tertiary/aromatic N) is 3. The Bertz CT molecular complexity index is 1250. The van der Waals surface area contributed by atoms with E-state index < -0.39 is 0 Å². The van der Waals surface area contributed by atoms with Crippen LogP contribution in [0.2, 0.25) is 0 Å². The van der Waals surface area contributed by atoms with Crippen molar-refractivity contribution < 1.29 is 9.18 Å². The Morgan fingerprint density at radius 3 is 2.57 bits per heavy atom. The largest absolute Gasteiger partial charge is 0.337 e. The zero-order valence-corrected chi connectivity index (χ0v) is 17.4. The molecule has 0 bridgehead atoms. The molecule has 0 N–H and O–H groups in total. The van der Waals surface area contributed by atoms with E-state index in [1.807, 2.05) is 43.3 Å². The Kier molecular flexibility index (Phi) is 5.46. The number of aromatic nitrogens is 2. The van der Waals surface area contributed by atoms with Gasteiger partial charge in [-0.15, -0.1) is 11.3 Å². The van der Waals surface area contributed by atoms with Crippen molar-refractivity contribution in [3.05, 3.63) is 88.7 Å². The Morgan fingerprint density at radius 2 is 1.87 bits per heavy atom. The molecule has 0 saturated carbocycles. The highest BCUT2D eigenvalue weighted by Crippen LogP contribution is 2.30. The first kappa shape index (κ1) is 20.0. The molecule has 4 aromatic rings. The Balaban J connectivity index is 1.57. The average molecular weight is 421 g/mol. The van der Waals surface area contributed by atoms with Gasteiger partial charge >= 0.3 is 0 Å². The molecule has 7 heteroatoms. The smallest absolute Gasteiger partial charge is 0.271 e. The number of carbonyl (C=O) groups excluding carboxylic acids is 1. The van der Waals surface area contributed by atoms with Crippen LogP contribution in [-0.2, 0) is 11.3 Å². The summed E-state index contributed by atoms with van der Waals surface area (Å²) >= 11 is 1.37. The molecule has 152 valence electrons. The van der Waals surface area contributed by atoms with Crippen molar-refractivity contribution in [2.75, 3.05) is 7.05 Å². The number of halogens is 1. The van der Waals surface area contributed by atoms with Gasteiger partial charge in [0.1, 0.15) is 17.1 Å². The number of benzene rings is 2. The minimum Gasteiger partial charge on any atom is -0.337 e. The summed E-state index contributed by atoms with van der Waals surface area (Å²) in [5, 5.41) is 0. The highest BCUT2D eigenvalue weighted by atomic mass is 32.1. The second-order valence-corrected chi connectivity index (χ2v) is 8.15. The second-order valence-electron chi connectivity index (χ2n) is 7.10. The number of hydrogen-bond donors (Lipinski definition) is 0. The van der Waals surface area contributed by atoms with Crippen molar-refractivity contribution in [2.45, 2.75) is 19.5 Å². The number of likely N-dealkylation sites (N-methyl/N-ethyl adjacent to an activating group) is 1. The van der Waals surface area contributed by atoms with Gasteiger partial charge in [0.25, 0.3) is 5.56 Å². The van der Waals surface area contributed by atoms with Crippen LogP contribution < -0.4 is 5.56 Å². The number of thiophene rings is 1. The van der Waals surface area contributed by atoms with Crippen LogP contribution in [0.3, 0.4) is 0 Å². The molecule has 0 aliphatic rings. The minimum absolute atomic E-state index is 0.109. The zero-order valence-electron chi connectivity index (χ0n) is 16.6. The normalized spacial score (nSPS) is 12.1. The molecule has 4 rings (SSSR count). The van der Waals surface area contributed by atoms with Gasteiger partial charge < -0.3 is 4.90 Å². The van der Waals surface area contributed by atoms with Gasteiger partial charge in [-0.2, -0.15) is 0 Å². The molecule has 1 atom stereocenters. The van der Waals surface area contributed by atoms with Crippen molar-refractivity contribution in [3.8, 4) is 10.4 Å². The van der Waals surface area contributed by atoms with Gasteiger partial charge in [-0.05, 0) is 36.2 Å². The number of fused-ring (bicyclic) bond motifs is 1. The second kappa shape index (κ2) is 8.20. The fourth-order valence-corrected chi connectivity index (χ4v) is 4.31. The Labute approximate surface area is 177 Å². The third-order valence-electron chi connectivity index (χ3n) is 5.19. The maximum Gasteiger partial charge on any atom is 0.271 e. The number of hydrogen-bond acceptors (Lipinski definition) is 4. The summed E-state index contributed by atoms with van der Waals surface area (Å²) in [7, 11) is 1.67. The maximum atomic E-state index is 13.2. The van der Waals surface area contributed by atoms with E-state index in [1.165, 1.54) is 34.4 Å². The zero-order chi connectivity index (χ0) is 21.3. The summed E-state index contributed by atoms with van der Waals surface area (Å²) in [6.07, 6.45) is 1.42. The number of carbonyl (C=O) groups is 1. The third-order valence-corrected chi connectivity index (χ3v) is 6.36. The van der Waals surface area contributed by atoms with Crippen LogP contribution in [0.4, 0.5) is 4.39 Å². The van der Waals surface area contributed by atoms with Crippen molar-refractivity contribution in [3.63, 3.8) is 0 Å². The lowest BCUT2D eigenvalue weighted by Gasteiger charge is -2.25. The number of amides is 1. The molecule has 0 aliphatic heterocycles. The first-order valence-corrected chi connectivity index (χ1v) is 10.3. The van der Waals surface area contributed by atoms with Crippen LogP contribution in [0.1, 0.15) is 18.5 Å². The summed E-state index contributed by atoms with van der Waals surface area (Å²) < 4.78 is 15.0. The summed E-state index contributed by atoms with van der Waals surface area (Å²) in [5.41, 5.74) is 2.23. The van der Waals surface area contributed by atoms with Crippen molar-refractivity contribution in [1.29, 1.82) is 0 Å². The Morgan fingerprint density at radius 1 is 1.17 bits per heavy atom. The van der Waals surface area contributed by atoms with Crippen LogP contribution in [-0.4, -0.2) is 27.4 Å². The van der Waals surface area contributed by atoms with E-state index >= 15 is 0 Å². The summed E-state index contributed by atoms with van der Waals surface area (Å²) in [5.74, 6) is -0.549. The van der Waals surface area contributed by atoms with E-state index in [9.17, 15) is 14.0 Å². The predicted octanol–water partition coefficient (Wildman–Crippen LogP) is 4.48. The van der Waals surface area contributed by atoms with E-state index in [1.54, 1.807) is 24.1 Å². The molecule has 2 aromatic heterocycles. The molecule has 0 fully saturated rings. The van der Waals surface area contributed by atoms with Gasteiger partial charge in [0.15, 0.2) is 0 Å². The fourth-order valence-electron chi connectivity index (χ4n) is 3.24. The van der Waals surface area contributed by atoms with Crippen LogP contribution in [0.15, 0.2) is 71.8 Å². The van der Waals surface area contributed by atoms with E-state index in [-0.39, 0.29) is 29.9 Å². The molecule has 2 heterocycles. The topological polar surface area (TPSA) is 55.2 Å². The first-order chi connectivity index (χ1) is 14.4. The molecule has 30 heavy (non-hydrogen) atoms. The van der Waals surface area contributed by atoms with Crippen LogP contribution in [0.5, 0.6) is 0 Å². The molecule has 2 aromatic carbocycles. The molecule has 5 nitrogen and oxygen atoms in total. The Hall–Kier alpha value is -3.32. The van der Waals surface area contributed by atoms with Gasteiger partial charge in [-0.1, -0.05) is 42.5 Å². The SMILES string of the molecule is CC(c1ccc(F)cc1)N(C)C(=O)Cn1cnc2cc(-c3ccccc3)sc2c1=O. The predicted molar refractivity (Wildman–Crippen MR) is 117 cm³/mol. The lowest BCUT2D eigenvalue weighted by Crippen LogP contribution is -2.35. The van der Waals surface area contributed by atoms with Gasteiger partial charge in [-0.25, -0.2) is 9.37 Å². The highest BCUT2D eigenvalue weighted by molar-refractivity contribution is 7.22. The van der Waals surface area contributed by atoms with Gasteiger partial charge in [0.05, 0.1) is 17.9 Å². The molecule has 0 spiro atoms. The minimum atomic E-state index is -0.323. The monoisotopic (exact) mass is 421 g/mol. The van der Waals surface area contributed by atoms with E-state index in [0.29, 0.717) is 10.2 Å². The van der Waals surface area contributed by atoms with Crippen molar-refractivity contribution in [2.24, 2.45) is 0 Å². The van der Waals surface area contributed by atoms with E-state index in [0.717, 1.165) is 16.0 Å². The van der Waals surface area contributed by atoms with Crippen LogP contribution >= 0.6 is 11.3 Å². The van der Waals surface area contributed by atoms with Gasteiger partial charge in [0, 0.05) is 11.9 Å². The standard InChI is InChI=1S/C23H20FN3O2S/c1-15(16-8-10-18(24)11-9-16)26(2)21(28)13-27-14-25-19-12-20(30-22(19)23(27)29)17-6-4-3-5-7-17/h3-12,14-15H,13H2,1-2H3. The number of rotatable bonds is 5. The first-order valence-electron chi connectivity index (χ1n) is 9.49. The molecule has 0 aliphatic carbocycles. The molecular weight excluding hydrogens is 401 g/mol.